The number of amides is 1. The summed E-state index contributed by atoms with van der Waals surface area (Å²) in [6.07, 6.45) is 2.10. The fraction of sp³-hybridized carbons (Fsp3) is 0.909. The van der Waals surface area contributed by atoms with Gasteiger partial charge in [-0.15, -0.1) is 10.1 Å². The number of piperidine rings is 1. The molecule has 0 aromatic heterocycles. The minimum absolute atomic E-state index is 0.227. The first kappa shape index (κ1) is 15.5. The Balaban J connectivity index is 2.38. The highest BCUT2D eigenvalue weighted by atomic mass is 16.9. The van der Waals surface area contributed by atoms with Crippen molar-refractivity contribution in [2.45, 2.75) is 44.9 Å². The van der Waals surface area contributed by atoms with Crippen LogP contribution in [0, 0.1) is 10.1 Å². The Hall–Kier alpha value is -1.57. The molecule has 0 spiro atoms. The van der Waals surface area contributed by atoms with Crippen molar-refractivity contribution in [1.29, 1.82) is 0 Å². The molecule has 19 heavy (non-hydrogen) atoms. The third-order valence-electron chi connectivity index (χ3n) is 2.92. The summed E-state index contributed by atoms with van der Waals surface area (Å²) < 4.78 is 5.30. The molecule has 0 aromatic carbocycles. The molecule has 1 aliphatic heterocycles. The number of hydrogen-bond donors (Lipinski definition) is 1. The monoisotopic (exact) mass is 275 g/mol. The van der Waals surface area contributed by atoms with Crippen molar-refractivity contribution in [3.05, 3.63) is 10.1 Å². The summed E-state index contributed by atoms with van der Waals surface area (Å²) in [5, 5.41) is 11.8. The van der Waals surface area contributed by atoms with Gasteiger partial charge in [-0.1, -0.05) is 0 Å². The minimum atomic E-state index is -0.885. The number of alkyl carbamates (subject to hydrolysis) is 1. The van der Waals surface area contributed by atoms with Crippen molar-refractivity contribution in [3.8, 4) is 0 Å². The summed E-state index contributed by atoms with van der Waals surface area (Å²) >= 11 is 0. The summed E-state index contributed by atoms with van der Waals surface area (Å²) in [6, 6.07) is 0. The Kier molecular flexibility index (Phi) is 5.34. The SMILES string of the molecule is CN1CCCCC1OC(=O)NC(C)(C)CO[N+](=O)[O-]. The van der Waals surface area contributed by atoms with E-state index in [1.54, 1.807) is 13.8 Å². The maximum absolute atomic E-state index is 11.7. The lowest BCUT2D eigenvalue weighted by Crippen LogP contribution is -2.50. The highest BCUT2D eigenvalue weighted by Gasteiger charge is 2.27. The van der Waals surface area contributed by atoms with Gasteiger partial charge in [0.25, 0.3) is 5.09 Å². The largest absolute Gasteiger partial charge is 0.430 e. The third kappa shape index (κ3) is 5.73. The second-order valence-electron chi connectivity index (χ2n) is 5.34. The maximum Gasteiger partial charge on any atom is 0.409 e. The summed E-state index contributed by atoms with van der Waals surface area (Å²) in [6.45, 7) is 3.92. The predicted molar refractivity (Wildman–Crippen MR) is 66.9 cm³/mol. The van der Waals surface area contributed by atoms with E-state index in [0.717, 1.165) is 25.8 Å². The lowest BCUT2D eigenvalue weighted by Gasteiger charge is -2.33. The van der Waals surface area contributed by atoms with Crippen LogP contribution in [-0.2, 0) is 9.57 Å². The van der Waals surface area contributed by atoms with E-state index in [0.29, 0.717) is 0 Å². The number of rotatable bonds is 5. The van der Waals surface area contributed by atoms with Crippen LogP contribution in [-0.4, -0.2) is 48.0 Å². The van der Waals surface area contributed by atoms with Crippen molar-refractivity contribution in [1.82, 2.24) is 10.2 Å². The Morgan fingerprint density at radius 2 is 2.21 bits per heavy atom. The molecule has 1 fully saturated rings. The van der Waals surface area contributed by atoms with Crippen LogP contribution in [0.2, 0.25) is 0 Å². The van der Waals surface area contributed by atoms with Crippen LogP contribution >= 0.6 is 0 Å². The van der Waals surface area contributed by atoms with Crippen molar-refractivity contribution < 1.29 is 19.5 Å². The van der Waals surface area contributed by atoms with Gasteiger partial charge in [-0.2, -0.15) is 0 Å². The predicted octanol–water partition coefficient (Wildman–Crippen LogP) is 1.14. The molecular weight excluding hydrogens is 254 g/mol. The number of ether oxygens (including phenoxy) is 1. The van der Waals surface area contributed by atoms with Crippen molar-refractivity contribution in [2.75, 3.05) is 20.2 Å². The topological polar surface area (TPSA) is 93.9 Å². The second-order valence-corrected chi connectivity index (χ2v) is 5.34. The van der Waals surface area contributed by atoms with Crippen LogP contribution in [0.25, 0.3) is 0 Å². The molecule has 1 atom stereocenters. The van der Waals surface area contributed by atoms with E-state index < -0.39 is 16.7 Å². The van der Waals surface area contributed by atoms with Crippen molar-refractivity contribution in [2.24, 2.45) is 0 Å². The summed E-state index contributed by atoms with van der Waals surface area (Å²) in [4.78, 5) is 28.1. The first-order valence-corrected chi connectivity index (χ1v) is 6.26. The third-order valence-corrected chi connectivity index (χ3v) is 2.92. The summed E-state index contributed by atoms with van der Waals surface area (Å²) in [7, 11) is 1.90. The number of nitrogens with one attached hydrogen (secondary N) is 1. The summed E-state index contributed by atoms with van der Waals surface area (Å²) in [5.41, 5.74) is -0.864. The van der Waals surface area contributed by atoms with Crippen LogP contribution in [0.1, 0.15) is 33.1 Å². The second kappa shape index (κ2) is 6.55. The van der Waals surface area contributed by atoms with Gasteiger partial charge in [0.2, 0.25) is 0 Å². The normalized spacial score (nSPS) is 20.7. The molecule has 0 bridgehead atoms. The van der Waals surface area contributed by atoms with Gasteiger partial charge in [0.1, 0.15) is 6.61 Å². The number of carbonyl (C=O) groups excluding carboxylic acids is 1. The highest BCUT2D eigenvalue weighted by molar-refractivity contribution is 5.68. The number of nitrogens with zero attached hydrogens (tertiary/aromatic N) is 2. The van der Waals surface area contributed by atoms with Crippen LogP contribution in [0.15, 0.2) is 0 Å². The van der Waals surface area contributed by atoms with Gasteiger partial charge in [-0.3, -0.25) is 4.90 Å². The first-order valence-electron chi connectivity index (χ1n) is 6.26. The van der Waals surface area contributed by atoms with E-state index >= 15 is 0 Å². The molecule has 8 heteroatoms. The molecule has 1 aliphatic rings. The maximum atomic E-state index is 11.7. The molecule has 1 heterocycles. The van der Waals surface area contributed by atoms with E-state index in [-0.39, 0.29) is 12.8 Å². The van der Waals surface area contributed by atoms with Gasteiger partial charge < -0.3 is 14.9 Å². The van der Waals surface area contributed by atoms with E-state index in [4.69, 9.17) is 4.74 Å². The van der Waals surface area contributed by atoms with Crippen molar-refractivity contribution >= 4 is 6.09 Å². The minimum Gasteiger partial charge on any atom is -0.430 e. The Bertz CT molecular complexity index is 334. The molecule has 0 saturated carbocycles. The average molecular weight is 275 g/mol. The molecule has 1 unspecified atom stereocenters. The Morgan fingerprint density at radius 3 is 2.79 bits per heavy atom. The molecule has 110 valence electrons. The first-order chi connectivity index (χ1) is 8.80. The molecular formula is C11H21N3O5. The molecule has 0 radical (unpaired) electrons. The highest BCUT2D eigenvalue weighted by Crippen LogP contribution is 2.16. The van der Waals surface area contributed by atoms with E-state index in [1.807, 2.05) is 11.9 Å². The van der Waals surface area contributed by atoms with Gasteiger partial charge in [0.15, 0.2) is 6.23 Å². The van der Waals surface area contributed by atoms with Gasteiger partial charge in [-0.05, 0) is 40.2 Å². The smallest absolute Gasteiger partial charge is 0.409 e. The van der Waals surface area contributed by atoms with E-state index in [9.17, 15) is 14.9 Å². The molecule has 0 aromatic rings. The zero-order valence-electron chi connectivity index (χ0n) is 11.5. The quantitative estimate of drug-likeness (QED) is 0.597. The fourth-order valence-electron chi connectivity index (χ4n) is 1.87. The Morgan fingerprint density at radius 1 is 1.53 bits per heavy atom. The standard InChI is InChI=1S/C11H21N3O5/c1-11(2,8-18-14(16)17)12-10(15)19-9-6-4-5-7-13(9)3/h9H,4-8H2,1-3H3,(H,12,15). The van der Waals surface area contributed by atoms with Crippen LogP contribution in [0.4, 0.5) is 4.79 Å². The zero-order chi connectivity index (χ0) is 14.5. The van der Waals surface area contributed by atoms with Gasteiger partial charge in [-0.25, -0.2) is 4.79 Å². The average Bonchev–Trinajstić information content (AvgIpc) is 2.29. The van der Waals surface area contributed by atoms with Crippen molar-refractivity contribution in [3.63, 3.8) is 0 Å². The van der Waals surface area contributed by atoms with E-state index in [2.05, 4.69) is 10.2 Å². The Labute approximate surface area is 112 Å². The van der Waals surface area contributed by atoms with E-state index in [1.165, 1.54) is 0 Å². The number of carbonyl (C=O) groups is 1. The number of hydrogen-bond acceptors (Lipinski definition) is 6. The van der Waals surface area contributed by atoms with Crippen LogP contribution < -0.4 is 5.32 Å². The number of likely N-dealkylation sites (tertiary alicyclic amines) is 1. The molecule has 1 saturated heterocycles. The molecule has 0 aliphatic carbocycles. The molecule has 1 amide bonds. The zero-order valence-corrected chi connectivity index (χ0v) is 11.5. The molecule has 1 rings (SSSR count). The van der Waals surface area contributed by atoms with Crippen LogP contribution in [0.5, 0.6) is 0 Å². The van der Waals surface area contributed by atoms with Gasteiger partial charge >= 0.3 is 6.09 Å². The van der Waals surface area contributed by atoms with Gasteiger partial charge in [0.05, 0.1) is 5.54 Å². The fourth-order valence-corrected chi connectivity index (χ4v) is 1.87. The van der Waals surface area contributed by atoms with Crippen LogP contribution in [0.3, 0.4) is 0 Å². The molecule has 1 N–H and O–H groups in total. The van der Waals surface area contributed by atoms with Gasteiger partial charge in [0, 0.05) is 6.54 Å². The molecule has 8 nitrogen and oxygen atoms in total. The lowest BCUT2D eigenvalue weighted by molar-refractivity contribution is -0.759. The lowest BCUT2D eigenvalue weighted by atomic mass is 10.1. The summed E-state index contributed by atoms with van der Waals surface area (Å²) in [5.74, 6) is 0.